The Hall–Kier alpha value is -5.73. The van der Waals surface area contributed by atoms with E-state index in [1.54, 1.807) is 26.2 Å². The van der Waals surface area contributed by atoms with Crippen LogP contribution in [0.5, 0.6) is 40.2 Å². The van der Waals surface area contributed by atoms with Gasteiger partial charge in [-0.2, -0.15) is 0 Å². The zero-order chi connectivity index (χ0) is 38.8. The second-order valence-electron chi connectivity index (χ2n) is 12.7. The van der Waals surface area contributed by atoms with E-state index in [4.69, 9.17) is 37.9 Å². The molecule has 0 spiro atoms. The Morgan fingerprint density at radius 2 is 1.44 bits per heavy atom. The van der Waals surface area contributed by atoms with Crippen molar-refractivity contribution in [2.24, 2.45) is 0 Å². The molecule has 4 aromatic rings. The summed E-state index contributed by atoms with van der Waals surface area (Å²) in [5.74, 6) is 3.83. The highest BCUT2D eigenvalue weighted by molar-refractivity contribution is 5.71. The van der Waals surface area contributed by atoms with Crippen LogP contribution in [-0.2, 0) is 22.7 Å². The Labute approximate surface area is 320 Å². The van der Waals surface area contributed by atoms with Crippen LogP contribution in [-0.4, -0.2) is 76.9 Å². The van der Waals surface area contributed by atoms with Crippen LogP contribution in [0, 0.1) is 10.1 Å². The molecule has 0 N–H and O–H groups in total. The number of nitrogens with zero attached hydrogens (tertiary/aromatic N) is 2. The molecule has 55 heavy (non-hydrogen) atoms. The third-order valence-electron chi connectivity index (χ3n) is 8.87. The Bertz CT molecular complexity index is 1810. The summed E-state index contributed by atoms with van der Waals surface area (Å²) in [6, 6.07) is 25.1. The predicted octanol–water partition coefficient (Wildman–Crippen LogP) is 7.63. The van der Waals surface area contributed by atoms with Gasteiger partial charge in [-0.05, 0) is 84.5 Å². The van der Waals surface area contributed by atoms with Crippen molar-refractivity contribution in [1.29, 1.82) is 0 Å². The fourth-order valence-electron chi connectivity index (χ4n) is 6.04. The lowest BCUT2D eigenvalue weighted by Crippen LogP contribution is -2.39. The number of likely N-dealkylation sites (tertiary alicyclic amines) is 1. The van der Waals surface area contributed by atoms with E-state index in [0.29, 0.717) is 88.4 Å². The Morgan fingerprint density at radius 1 is 0.709 bits per heavy atom. The largest absolute Gasteiger partial charge is 0.497 e. The van der Waals surface area contributed by atoms with Gasteiger partial charge in [0.25, 0.3) is 5.09 Å². The van der Waals surface area contributed by atoms with Gasteiger partial charge < -0.3 is 42.8 Å². The van der Waals surface area contributed by atoms with E-state index in [1.807, 2.05) is 60.7 Å². The van der Waals surface area contributed by atoms with Crippen molar-refractivity contribution in [3.63, 3.8) is 0 Å². The summed E-state index contributed by atoms with van der Waals surface area (Å²) in [6.07, 6.45) is 2.37. The molecule has 1 amide bonds. The van der Waals surface area contributed by atoms with Crippen molar-refractivity contribution in [3.8, 4) is 40.2 Å². The number of rotatable bonds is 21. The molecule has 0 unspecified atom stereocenters. The van der Waals surface area contributed by atoms with E-state index in [0.717, 1.165) is 28.9 Å². The first-order valence-corrected chi connectivity index (χ1v) is 18.1. The normalized spacial score (nSPS) is 12.8. The molecule has 1 heterocycles. The first-order chi connectivity index (χ1) is 26.8. The molecular formula is C41H48N2O12. The van der Waals surface area contributed by atoms with E-state index >= 15 is 0 Å². The van der Waals surface area contributed by atoms with Gasteiger partial charge >= 0.3 is 6.09 Å². The van der Waals surface area contributed by atoms with E-state index in [-0.39, 0.29) is 24.0 Å². The highest BCUT2D eigenvalue weighted by atomic mass is 17.0. The number of hydrogen-bond acceptors (Lipinski definition) is 12. The summed E-state index contributed by atoms with van der Waals surface area (Å²) in [4.78, 5) is 29.5. The summed E-state index contributed by atoms with van der Waals surface area (Å²) >= 11 is 0. The Morgan fingerprint density at radius 3 is 2.18 bits per heavy atom. The minimum Gasteiger partial charge on any atom is -0.497 e. The number of carbonyl (C=O) groups excluding carboxylic acids is 1. The summed E-state index contributed by atoms with van der Waals surface area (Å²) in [5, 5.41) is 9.66. The zero-order valence-corrected chi connectivity index (χ0v) is 31.4. The van der Waals surface area contributed by atoms with Crippen molar-refractivity contribution in [2.45, 2.75) is 44.8 Å². The molecular weight excluding hydrogens is 712 g/mol. The van der Waals surface area contributed by atoms with E-state index < -0.39 is 11.2 Å². The zero-order valence-electron chi connectivity index (χ0n) is 31.4. The fraction of sp³-hybridized carbons (Fsp3) is 0.390. The molecule has 14 heteroatoms. The van der Waals surface area contributed by atoms with Crippen molar-refractivity contribution in [1.82, 2.24) is 4.90 Å². The molecule has 0 saturated carbocycles. The van der Waals surface area contributed by atoms with Gasteiger partial charge in [0.15, 0.2) is 11.5 Å². The highest BCUT2D eigenvalue weighted by Gasteiger charge is 2.26. The molecule has 14 nitrogen and oxygen atoms in total. The van der Waals surface area contributed by atoms with Crippen LogP contribution in [0.2, 0.25) is 0 Å². The number of methoxy groups -OCH3 is 3. The number of benzene rings is 4. The molecule has 1 fully saturated rings. The molecule has 5 rings (SSSR count). The van der Waals surface area contributed by atoms with E-state index in [1.165, 1.54) is 24.3 Å². The van der Waals surface area contributed by atoms with Crippen LogP contribution >= 0.6 is 0 Å². The van der Waals surface area contributed by atoms with E-state index in [9.17, 15) is 14.9 Å². The average molecular weight is 761 g/mol. The first kappa shape index (κ1) is 40.5. The average Bonchev–Trinajstić information content (AvgIpc) is 3.21. The predicted molar refractivity (Wildman–Crippen MR) is 202 cm³/mol. The Balaban J connectivity index is 1.21. The standard InChI is InChI=1S/C41H48N2O12/c1-47-20-6-22-51-37-25-30(24-36(27-37)48-2)28-53-40-26-32(10-15-39(40)52-23-7-21-50-29-33-8-4-5-9-38(33)49-3)31-16-18-42(19-17-31)41(44)54-34-11-13-35(14-12-34)55-43(45)46/h4-5,8-15,24-27,31H,6-7,16-23,28-29H2,1-3H3. The maximum atomic E-state index is 12.9. The van der Waals surface area contributed by atoms with Crippen LogP contribution < -0.4 is 33.3 Å². The second kappa shape index (κ2) is 21.2. The first-order valence-electron chi connectivity index (χ1n) is 18.1. The van der Waals surface area contributed by atoms with Crippen LogP contribution in [0.1, 0.15) is 48.3 Å². The summed E-state index contributed by atoms with van der Waals surface area (Å²) < 4.78 is 46.1. The van der Waals surface area contributed by atoms with Gasteiger partial charge in [0.2, 0.25) is 0 Å². The van der Waals surface area contributed by atoms with Crippen LogP contribution in [0.15, 0.2) is 84.9 Å². The van der Waals surface area contributed by atoms with Gasteiger partial charge in [0.05, 0.1) is 40.6 Å². The summed E-state index contributed by atoms with van der Waals surface area (Å²) in [6.45, 7) is 3.72. The molecule has 1 aliphatic heterocycles. The van der Waals surface area contributed by atoms with Crippen molar-refractivity contribution >= 4 is 6.09 Å². The number of piperidine rings is 1. The van der Waals surface area contributed by atoms with Gasteiger partial charge in [-0.25, -0.2) is 4.79 Å². The third-order valence-corrected chi connectivity index (χ3v) is 8.87. The number of amides is 1. The van der Waals surface area contributed by atoms with Gasteiger partial charge in [0.1, 0.15) is 35.4 Å². The molecule has 0 bridgehead atoms. The monoisotopic (exact) mass is 760 g/mol. The number of hydrogen-bond donors (Lipinski definition) is 0. The minimum atomic E-state index is -0.901. The number of carbonyl (C=O) groups is 1. The number of para-hydroxylation sites is 1. The molecule has 1 aliphatic rings. The molecule has 4 aromatic carbocycles. The smallest absolute Gasteiger partial charge is 0.415 e. The highest BCUT2D eigenvalue weighted by Crippen LogP contribution is 2.36. The third kappa shape index (κ3) is 12.7. The number of ether oxygens (including phenoxy) is 8. The maximum absolute atomic E-state index is 12.9. The van der Waals surface area contributed by atoms with Crippen LogP contribution in [0.4, 0.5) is 4.79 Å². The maximum Gasteiger partial charge on any atom is 0.415 e. The molecule has 1 saturated heterocycles. The van der Waals surface area contributed by atoms with Crippen molar-refractivity contribution in [3.05, 3.63) is 112 Å². The molecule has 0 atom stereocenters. The lowest BCUT2D eigenvalue weighted by Gasteiger charge is -2.31. The lowest BCUT2D eigenvalue weighted by molar-refractivity contribution is -0.711. The van der Waals surface area contributed by atoms with Gasteiger partial charge in [0, 0.05) is 51.3 Å². The lowest BCUT2D eigenvalue weighted by atomic mass is 9.89. The van der Waals surface area contributed by atoms with Crippen LogP contribution in [0.25, 0.3) is 0 Å². The quantitative estimate of drug-likeness (QED) is 0.0467. The summed E-state index contributed by atoms with van der Waals surface area (Å²) in [7, 11) is 4.92. The topological polar surface area (TPSA) is 147 Å². The Kier molecular flexibility index (Phi) is 15.6. The van der Waals surface area contributed by atoms with E-state index in [2.05, 4.69) is 4.84 Å². The fourth-order valence-corrected chi connectivity index (χ4v) is 6.04. The van der Waals surface area contributed by atoms with Crippen molar-refractivity contribution < 1.29 is 52.6 Å². The SMILES string of the molecule is COCCCOc1cc(COc2cc(C3CCN(C(=O)Oc4ccc(O[N+](=O)[O-])cc4)CC3)ccc2OCCCOCc2ccccc2OC)cc(OC)c1. The molecule has 0 aromatic heterocycles. The van der Waals surface area contributed by atoms with Crippen molar-refractivity contribution in [2.75, 3.05) is 60.8 Å². The summed E-state index contributed by atoms with van der Waals surface area (Å²) in [5.41, 5.74) is 2.93. The van der Waals surface area contributed by atoms with Gasteiger partial charge in [-0.15, -0.1) is 10.1 Å². The molecule has 294 valence electrons. The molecule has 0 aliphatic carbocycles. The minimum absolute atomic E-state index is 0.0376. The van der Waals surface area contributed by atoms with Crippen LogP contribution in [0.3, 0.4) is 0 Å². The van der Waals surface area contributed by atoms with Gasteiger partial charge in [-0.3, -0.25) is 4.84 Å². The second-order valence-corrected chi connectivity index (χ2v) is 12.7. The van der Waals surface area contributed by atoms with Gasteiger partial charge in [-0.1, -0.05) is 24.3 Å². The molecule has 0 radical (unpaired) electrons.